The molecule has 0 radical (unpaired) electrons. The van der Waals surface area contributed by atoms with Crippen LogP contribution in [0.2, 0.25) is 0 Å². The second kappa shape index (κ2) is 5.68. The Morgan fingerprint density at radius 1 is 1.64 bits per heavy atom. The van der Waals surface area contributed by atoms with Crippen LogP contribution in [0.5, 0.6) is 0 Å². The SMILES string of the molecule is C=CCOCC=C(C)C(=O)O. The van der Waals surface area contributed by atoms with Crippen molar-refractivity contribution in [3.63, 3.8) is 0 Å². The van der Waals surface area contributed by atoms with Gasteiger partial charge in [0.25, 0.3) is 0 Å². The van der Waals surface area contributed by atoms with Gasteiger partial charge in [0.15, 0.2) is 0 Å². The van der Waals surface area contributed by atoms with E-state index >= 15 is 0 Å². The minimum atomic E-state index is -0.910. The van der Waals surface area contributed by atoms with E-state index in [0.717, 1.165) is 0 Å². The summed E-state index contributed by atoms with van der Waals surface area (Å²) in [5.41, 5.74) is 0.300. The van der Waals surface area contributed by atoms with Crippen molar-refractivity contribution in [1.82, 2.24) is 0 Å². The van der Waals surface area contributed by atoms with E-state index < -0.39 is 5.97 Å². The van der Waals surface area contributed by atoms with Gasteiger partial charge in [0, 0.05) is 5.57 Å². The zero-order valence-electron chi connectivity index (χ0n) is 6.54. The molecule has 1 N–H and O–H groups in total. The first-order chi connectivity index (χ1) is 5.18. The van der Waals surface area contributed by atoms with E-state index in [4.69, 9.17) is 9.84 Å². The molecule has 0 amide bonds. The van der Waals surface area contributed by atoms with Crippen molar-refractivity contribution in [2.24, 2.45) is 0 Å². The summed E-state index contributed by atoms with van der Waals surface area (Å²) in [5.74, 6) is -0.910. The Labute approximate surface area is 66.0 Å². The second-order valence-electron chi connectivity index (χ2n) is 2.02. The molecule has 62 valence electrons. The molecule has 0 aliphatic heterocycles. The van der Waals surface area contributed by atoms with Gasteiger partial charge in [-0.3, -0.25) is 0 Å². The molecule has 0 aromatic heterocycles. The second-order valence-corrected chi connectivity index (χ2v) is 2.02. The van der Waals surface area contributed by atoms with E-state index in [2.05, 4.69) is 6.58 Å². The number of hydrogen-bond donors (Lipinski definition) is 1. The van der Waals surface area contributed by atoms with Crippen molar-refractivity contribution >= 4 is 5.97 Å². The average Bonchev–Trinajstić information content (AvgIpc) is 1.97. The van der Waals surface area contributed by atoms with E-state index in [1.165, 1.54) is 13.0 Å². The van der Waals surface area contributed by atoms with Crippen LogP contribution in [0.1, 0.15) is 6.92 Å². The van der Waals surface area contributed by atoms with Crippen LogP contribution in [-0.2, 0) is 9.53 Å². The predicted molar refractivity (Wildman–Crippen MR) is 42.4 cm³/mol. The summed E-state index contributed by atoms with van der Waals surface area (Å²) < 4.78 is 4.95. The molecule has 0 heterocycles. The molecule has 0 aliphatic carbocycles. The summed E-state index contributed by atoms with van der Waals surface area (Å²) >= 11 is 0. The zero-order valence-corrected chi connectivity index (χ0v) is 6.54. The third-order valence-corrected chi connectivity index (χ3v) is 1.08. The van der Waals surface area contributed by atoms with E-state index in [1.807, 2.05) is 0 Å². The molecule has 0 saturated carbocycles. The van der Waals surface area contributed by atoms with Gasteiger partial charge >= 0.3 is 5.97 Å². The summed E-state index contributed by atoms with van der Waals surface area (Å²) in [7, 11) is 0. The average molecular weight is 156 g/mol. The van der Waals surface area contributed by atoms with Crippen molar-refractivity contribution in [2.75, 3.05) is 13.2 Å². The van der Waals surface area contributed by atoms with Gasteiger partial charge in [-0.15, -0.1) is 6.58 Å². The van der Waals surface area contributed by atoms with Gasteiger partial charge < -0.3 is 9.84 Å². The Balaban J connectivity index is 3.56. The molecule has 0 fully saturated rings. The van der Waals surface area contributed by atoms with Gasteiger partial charge in [-0.2, -0.15) is 0 Å². The van der Waals surface area contributed by atoms with Crippen LogP contribution in [0.4, 0.5) is 0 Å². The third-order valence-electron chi connectivity index (χ3n) is 1.08. The normalized spacial score (nSPS) is 11.2. The first kappa shape index (κ1) is 9.91. The maximum absolute atomic E-state index is 10.2. The molecule has 3 heteroatoms. The molecule has 0 rings (SSSR count). The number of ether oxygens (including phenoxy) is 1. The smallest absolute Gasteiger partial charge is 0.331 e. The fraction of sp³-hybridized carbons (Fsp3) is 0.375. The molecule has 11 heavy (non-hydrogen) atoms. The lowest BCUT2D eigenvalue weighted by Crippen LogP contribution is -1.99. The summed E-state index contributed by atoms with van der Waals surface area (Å²) in [6, 6.07) is 0. The molecule has 0 unspecified atom stereocenters. The van der Waals surface area contributed by atoms with Gasteiger partial charge in [0.2, 0.25) is 0 Å². The largest absolute Gasteiger partial charge is 0.478 e. The molecule has 0 bridgehead atoms. The monoisotopic (exact) mass is 156 g/mol. The predicted octanol–water partition coefficient (Wildman–Crippen LogP) is 1.22. The number of carboxylic acid groups (broad SMARTS) is 1. The number of hydrogen-bond acceptors (Lipinski definition) is 2. The highest BCUT2D eigenvalue weighted by Crippen LogP contribution is 1.91. The number of aliphatic carboxylic acids is 1. The standard InChI is InChI=1S/C8H12O3/c1-3-5-11-6-4-7(2)8(9)10/h3-4H,1,5-6H2,2H3,(H,9,10). The van der Waals surface area contributed by atoms with Crippen LogP contribution in [0.25, 0.3) is 0 Å². The van der Waals surface area contributed by atoms with Crippen molar-refractivity contribution in [3.8, 4) is 0 Å². The quantitative estimate of drug-likeness (QED) is 0.370. The Morgan fingerprint density at radius 2 is 2.27 bits per heavy atom. The molecule has 0 aromatic carbocycles. The lowest BCUT2D eigenvalue weighted by atomic mass is 10.3. The third kappa shape index (κ3) is 5.36. The Bertz CT molecular complexity index is 170. The molecular weight excluding hydrogens is 144 g/mol. The Morgan fingerprint density at radius 3 is 2.73 bits per heavy atom. The highest BCUT2D eigenvalue weighted by atomic mass is 16.5. The van der Waals surface area contributed by atoms with E-state index in [0.29, 0.717) is 18.8 Å². The van der Waals surface area contributed by atoms with Crippen LogP contribution in [0.3, 0.4) is 0 Å². The number of carboxylic acids is 1. The van der Waals surface area contributed by atoms with Crippen LogP contribution in [0.15, 0.2) is 24.3 Å². The first-order valence-corrected chi connectivity index (χ1v) is 3.27. The minimum absolute atomic E-state index is 0.300. The van der Waals surface area contributed by atoms with Crippen molar-refractivity contribution in [3.05, 3.63) is 24.3 Å². The Hall–Kier alpha value is -1.09. The van der Waals surface area contributed by atoms with E-state index in [-0.39, 0.29) is 0 Å². The van der Waals surface area contributed by atoms with E-state index in [1.54, 1.807) is 6.08 Å². The summed E-state index contributed by atoms with van der Waals surface area (Å²) in [6.07, 6.45) is 3.13. The highest BCUT2D eigenvalue weighted by Gasteiger charge is 1.96. The maximum Gasteiger partial charge on any atom is 0.331 e. The minimum Gasteiger partial charge on any atom is -0.478 e. The van der Waals surface area contributed by atoms with Crippen LogP contribution in [-0.4, -0.2) is 24.3 Å². The zero-order chi connectivity index (χ0) is 8.69. The fourth-order valence-corrected chi connectivity index (χ4v) is 0.423. The van der Waals surface area contributed by atoms with Crippen molar-refractivity contribution < 1.29 is 14.6 Å². The van der Waals surface area contributed by atoms with Gasteiger partial charge in [-0.25, -0.2) is 4.79 Å². The van der Waals surface area contributed by atoms with Crippen molar-refractivity contribution in [1.29, 1.82) is 0 Å². The van der Waals surface area contributed by atoms with E-state index in [9.17, 15) is 4.79 Å². The first-order valence-electron chi connectivity index (χ1n) is 3.27. The molecule has 0 saturated heterocycles. The van der Waals surface area contributed by atoms with Crippen LogP contribution in [0, 0.1) is 0 Å². The molecule has 0 atom stereocenters. The van der Waals surface area contributed by atoms with Gasteiger partial charge in [-0.05, 0) is 13.0 Å². The van der Waals surface area contributed by atoms with Gasteiger partial charge in [0.05, 0.1) is 13.2 Å². The molecular formula is C8H12O3. The number of carbonyl (C=O) groups is 1. The van der Waals surface area contributed by atoms with Crippen molar-refractivity contribution in [2.45, 2.75) is 6.92 Å². The van der Waals surface area contributed by atoms with Gasteiger partial charge in [-0.1, -0.05) is 6.08 Å². The maximum atomic E-state index is 10.2. The lowest BCUT2D eigenvalue weighted by Gasteiger charge is -1.95. The molecule has 0 aromatic rings. The van der Waals surface area contributed by atoms with Crippen LogP contribution < -0.4 is 0 Å². The fourth-order valence-electron chi connectivity index (χ4n) is 0.423. The summed E-state index contributed by atoms with van der Waals surface area (Å²) in [5, 5.41) is 8.39. The molecule has 0 spiro atoms. The van der Waals surface area contributed by atoms with Gasteiger partial charge in [0.1, 0.15) is 0 Å². The highest BCUT2D eigenvalue weighted by molar-refractivity contribution is 5.85. The molecule has 0 aliphatic rings. The topological polar surface area (TPSA) is 46.5 Å². The molecule has 3 nitrogen and oxygen atoms in total. The summed E-state index contributed by atoms with van der Waals surface area (Å²) in [6.45, 7) is 5.75. The lowest BCUT2D eigenvalue weighted by molar-refractivity contribution is -0.132. The Kier molecular flexibility index (Phi) is 5.11. The number of rotatable bonds is 5. The summed E-state index contributed by atoms with van der Waals surface area (Å²) in [4.78, 5) is 10.2. The van der Waals surface area contributed by atoms with Crippen LogP contribution >= 0.6 is 0 Å².